The van der Waals surface area contributed by atoms with Crippen LogP contribution in [0.2, 0.25) is 0 Å². The predicted molar refractivity (Wildman–Crippen MR) is 107 cm³/mol. The molecule has 0 spiro atoms. The van der Waals surface area contributed by atoms with Crippen LogP contribution in [-0.4, -0.2) is 53.9 Å². The van der Waals surface area contributed by atoms with Crippen molar-refractivity contribution in [1.29, 1.82) is 0 Å². The Balaban J connectivity index is 1.56. The van der Waals surface area contributed by atoms with Gasteiger partial charge in [-0.2, -0.15) is 0 Å². The molecule has 0 radical (unpaired) electrons. The summed E-state index contributed by atoms with van der Waals surface area (Å²) in [6.45, 7) is 5.91. The quantitative estimate of drug-likeness (QED) is 0.696. The van der Waals surface area contributed by atoms with Gasteiger partial charge in [-0.1, -0.05) is 18.2 Å². The molecule has 0 N–H and O–H groups in total. The van der Waals surface area contributed by atoms with Crippen LogP contribution in [-0.2, 0) is 5.75 Å². The number of carbonyl (C=O) groups is 1. The van der Waals surface area contributed by atoms with Gasteiger partial charge in [0.15, 0.2) is 0 Å². The first-order chi connectivity index (χ1) is 12.7. The molecular weight excluding hydrogens is 342 g/mol. The van der Waals surface area contributed by atoms with Gasteiger partial charge in [-0.15, -0.1) is 11.8 Å². The first kappa shape index (κ1) is 18.9. The number of benzene rings is 1. The van der Waals surface area contributed by atoms with Crippen LogP contribution in [0.3, 0.4) is 0 Å². The summed E-state index contributed by atoms with van der Waals surface area (Å²) in [6.07, 6.45) is 3.00. The third-order valence-electron chi connectivity index (χ3n) is 4.86. The smallest absolute Gasteiger partial charge is 0.253 e. The molecule has 2 aromatic rings. The summed E-state index contributed by atoms with van der Waals surface area (Å²) in [4.78, 5) is 21.5. The number of pyridine rings is 1. The average molecular weight is 370 g/mol. The maximum atomic E-state index is 12.8. The number of carbonyl (C=O) groups excluding carboxylic acids is 1. The van der Waals surface area contributed by atoms with Gasteiger partial charge in [0.05, 0.1) is 5.03 Å². The Bertz CT molecular complexity index is 705. The number of hydrogen-bond donors (Lipinski definition) is 0. The van der Waals surface area contributed by atoms with Crippen molar-refractivity contribution in [3.63, 3.8) is 0 Å². The summed E-state index contributed by atoms with van der Waals surface area (Å²) in [5.74, 6) is 1.60. The number of aromatic nitrogens is 1. The lowest BCUT2D eigenvalue weighted by atomic mass is 10.1. The van der Waals surface area contributed by atoms with E-state index >= 15 is 0 Å². The van der Waals surface area contributed by atoms with Crippen LogP contribution in [0.1, 0.15) is 29.3 Å². The number of thioether (sulfide) groups is 1. The normalized spacial score (nSPS) is 17.4. The zero-order chi connectivity index (χ0) is 18.4. The maximum absolute atomic E-state index is 12.8. The standard InChI is InChI=1S/C21H27N3OS/c1-3-24(15-18-11-13-23(2)14-18)21(25)19-9-7-17(8-10-19)16-26-20-6-4-5-12-22-20/h4-10,12,18H,3,11,13-16H2,1-2H3/t18-/m0/s1. The first-order valence-electron chi connectivity index (χ1n) is 9.26. The Kier molecular flexibility index (Phi) is 6.69. The van der Waals surface area contributed by atoms with E-state index in [1.54, 1.807) is 11.8 Å². The van der Waals surface area contributed by atoms with Gasteiger partial charge in [-0.25, -0.2) is 4.98 Å². The number of rotatable bonds is 7. The molecule has 1 amide bonds. The van der Waals surface area contributed by atoms with Crippen molar-refractivity contribution >= 4 is 17.7 Å². The average Bonchev–Trinajstić information content (AvgIpc) is 3.10. The van der Waals surface area contributed by atoms with Crippen LogP contribution < -0.4 is 0 Å². The number of amides is 1. The third-order valence-corrected chi connectivity index (χ3v) is 5.88. The van der Waals surface area contributed by atoms with Crippen molar-refractivity contribution < 1.29 is 4.79 Å². The Morgan fingerprint density at radius 3 is 2.69 bits per heavy atom. The molecule has 1 aliphatic rings. The van der Waals surface area contributed by atoms with E-state index in [1.807, 2.05) is 41.4 Å². The van der Waals surface area contributed by atoms with Gasteiger partial charge in [0.1, 0.15) is 0 Å². The molecule has 1 saturated heterocycles. The van der Waals surface area contributed by atoms with Crippen LogP contribution in [0.4, 0.5) is 0 Å². The van der Waals surface area contributed by atoms with Crippen LogP contribution in [0, 0.1) is 5.92 Å². The van der Waals surface area contributed by atoms with E-state index in [-0.39, 0.29) is 5.91 Å². The second kappa shape index (κ2) is 9.19. The van der Waals surface area contributed by atoms with E-state index in [2.05, 4.69) is 36.0 Å². The second-order valence-corrected chi connectivity index (χ2v) is 7.91. The van der Waals surface area contributed by atoms with Crippen molar-refractivity contribution in [3.05, 3.63) is 59.8 Å². The number of likely N-dealkylation sites (tertiary alicyclic amines) is 1. The van der Waals surface area contributed by atoms with Crippen molar-refractivity contribution in [1.82, 2.24) is 14.8 Å². The van der Waals surface area contributed by atoms with Gasteiger partial charge in [-0.05, 0) is 62.7 Å². The zero-order valence-corrected chi connectivity index (χ0v) is 16.4. The molecule has 138 valence electrons. The fourth-order valence-electron chi connectivity index (χ4n) is 3.36. The molecule has 3 rings (SSSR count). The lowest BCUT2D eigenvalue weighted by molar-refractivity contribution is 0.0740. The minimum Gasteiger partial charge on any atom is -0.339 e. The molecular formula is C21H27N3OS. The molecule has 1 aromatic carbocycles. The lowest BCUT2D eigenvalue weighted by Crippen LogP contribution is -2.36. The fourth-order valence-corrected chi connectivity index (χ4v) is 4.18. The molecule has 1 atom stereocenters. The van der Waals surface area contributed by atoms with Gasteiger partial charge in [0.25, 0.3) is 5.91 Å². The van der Waals surface area contributed by atoms with Gasteiger partial charge < -0.3 is 9.80 Å². The first-order valence-corrected chi connectivity index (χ1v) is 10.2. The third kappa shape index (κ3) is 5.08. The van der Waals surface area contributed by atoms with Crippen LogP contribution >= 0.6 is 11.8 Å². The van der Waals surface area contributed by atoms with Gasteiger partial charge in [0.2, 0.25) is 0 Å². The summed E-state index contributed by atoms with van der Waals surface area (Å²) in [7, 11) is 2.15. The Morgan fingerprint density at radius 2 is 2.08 bits per heavy atom. The van der Waals surface area contributed by atoms with E-state index < -0.39 is 0 Å². The molecule has 0 unspecified atom stereocenters. The van der Waals surface area contributed by atoms with E-state index in [0.717, 1.165) is 42.5 Å². The van der Waals surface area contributed by atoms with Gasteiger partial charge in [-0.3, -0.25) is 4.79 Å². The molecule has 1 aliphatic heterocycles. The molecule has 1 fully saturated rings. The molecule has 0 aliphatic carbocycles. The monoisotopic (exact) mass is 369 g/mol. The predicted octanol–water partition coefficient (Wildman–Crippen LogP) is 3.79. The maximum Gasteiger partial charge on any atom is 0.253 e. The summed E-state index contributed by atoms with van der Waals surface area (Å²) in [5.41, 5.74) is 1.99. The number of nitrogens with zero attached hydrogens (tertiary/aromatic N) is 3. The SMILES string of the molecule is CCN(C[C@H]1CCN(C)C1)C(=O)c1ccc(CSc2ccccn2)cc1. The topological polar surface area (TPSA) is 36.4 Å². The van der Waals surface area contributed by atoms with Crippen LogP contribution in [0.5, 0.6) is 0 Å². The van der Waals surface area contributed by atoms with Crippen LogP contribution in [0.15, 0.2) is 53.7 Å². The molecule has 4 nitrogen and oxygen atoms in total. The highest BCUT2D eigenvalue weighted by molar-refractivity contribution is 7.98. The number of hydrogen-bond acceptors (Lipinski definition) is 4. The lowest BCUT2D eigenvalue weighted by Gasteiger charge is -2.24. The van der Waals surface area contributed by atoms with E-state index in [1.165, 1.54) is 12.0 Å². The zero-order valence-electron chi connectivity index (χ0n) is 15.6. The van der Waals surface area contributed by atoms with E-state index in [4.69, 9.17) is 0 Å². The Hall–Kier alpha value is -1.85. The highest BCUT2D eigenvalue weighted by Gasteiger charge is 2.24. The highest BCUT2D eigenvalue weighted by atomic mass is 32.2. The largest absolute Gasteiger partial charge is 0.339 e. The van der Waals surface area contributed by atoms with Crippen molar-refractivity contribution in [2.45, 2.75) is 24.1 Å². The van der Waals surface area contributed by atoms with Gasteiger partial charge >= 0.3 is 0 Å². The minimum atomic E-state index is 0.144. The molecule has 0 saturated carbocycles. The molecule has 26 heavy (non-hydrogen) atoms. The van der Waals surface area contributed by atoms with Crippen molar-refractivity contribution in [2.75, 3.05) is 33.2 Å². The van der Waals surface area contributed by atoms with E-state index in [0.29, 0.717) is 5.92 Å². The van der Waals surface area contributed by atoms with Gasteiger partial charge in [0, 0.05) is 37.1 Å². The highest BCUT2D eigenvalue weighted by Crippen LogP contribution is 2.21. The Morgan fingerprint density at radius 1 is 1.27 bits per heavy atom. The van der Waals surface area contributed by atoms with Crippen molar-refractivity contribution in [3.8, 4) is 0 Å². The molecule has 0 bridgehead atoms. The second-order valence-electron chi connectivity index (χ2n) is 6.91. The van der Waals surface area contributed by atoms with Crippen molar-refractivity contribution in [2.24, 2.45) is 5.92 Å². The molecule has 1 aromatic heterocycles. The van der Waals surface area contributed by atoms with E-state index in [9.17, 15) is 4.79 Å². The summed E-state index contributed by atoms with van der Waals surface area (Å²) >= 11 is 1.71. The summed E-state index contributed by atoms with van der Waals surface area (Å²) < 4.78 is 0. The molecule has 5 heteroatoms. The summed E-state index contributed by atoms with van der Waals surface area (Å²) in [5, 5.41) is 1.02. The van der Waals surface area contributed by atoms with Crippen LogP contribution in [0.25, 0.3) is 0 Å². The minimum absolute atomic E-state index is 0.144. The molecule has 2 heterocycles. The Labute approximate surface area is 160 Å². The fraction of sp³-hybridized carbons (Fsp3) is 0.429. The summed E-state index contributed by atoms with van der Waals surface area (Å²) in [6, 6.07) is 14.0.